The van der Waals surface area contributed by atoms with E-state index in [1.165, 1.54) is 6.07 Å². The first-order valence-corrected chi connectivity index (χ1v) is 6.81. The molecule has 0 radical (unpaired) electrons. The highest BCUT2D eigenvalue weighted by Gasteiger charge is 2.12. The second-order valence-corrected chi connectivity index (χ2v) is 6.08. The van der Waals surface area contributed by atoms with Crippen LogP contribution in [-0.2, 0) is 6.54 Å². The highest BCUT2D eigenvalue weighted by atomic mass is 16.6. The van der Waals surface area contributed by atoms with Crippen molar-refractivity contribution in [3.05, 3.63) is 51.8 Å². The molecule has 1 aromatic heterocycles. The summed E-state index contributed by atoms with van der Waals surface area (Å²) in [5.74, 6) is 0. The molecule has 0 saturated carbocycles. The summed E-state index contributed by atoms with van der Waals surface area (Å²) in [5, 5.41) is 18.7. The Balaban J connectivity index is 2.18. The van der Waals surface area contributed by atoms with E-state index in [1.807, 2.05) is 12.3 Å². The number of nitro benzene ring substituents is 1. The number of nitrogens with zero attached hydrogens (tertiary/aromatic N) is 3. The van der Waals surface area contributed by atoms with Gasteiger partial charge in [0.15, 0.2) is 0 Å². The molecule has 0 bridgehead atoms. The van der Waals surface area contributed by atoms with Crippen molar-refractivity contribution in [2.24, 2.45) is 0 Å². The third-order valence-electron chi connectivity index (χ3n) is 3.09. The number of rotatable bonds is 4. The first-order chi connectivity index (χ1) is 9.76. The van der Waals surface area contributed by atoms with Gasteiger partial charge < -0.3 is 5.32 Å². The van der Waals surface area contributed by atoms with E-state index < -0.39 is 0 Å². The molecule has 1 N–H and O–H groups in total. The number of nitro groups is 1. The van der Waals surface area contributed by atoms with Crippen LogP contribution in [0.15, 0.2) is 30.5 Å². The summed E-state index contributed by atoms with van der Waals surface area (Å²) < 4.78 is 1.73. The third kappa shape index (κ3) is 3.88. The lowest BCUT2D eigenvalue weighted by Gasteiger charge is -2.19. The van der Waals surface area contributed by atoms with Crippen molar-refractivity contribution in [3.8, 4) is 5.69 Å². The molecule has 0 aliphatic heterocycles. The molecule has 0 fully saturated rings. The van der Waals surface area contributed by atoms with E-state index in [9.17, 15) is 10.1 Å². The predicted molar refractivity (Wildman–Crippen MR) is 81.5 cm³/mol. The van der Waals surface area contributed by atoms with Gasteiger partial charge in [-0.2, -0.15) is 5.10 Å². The fraction of sp³-hybridized carbons (Fsp3) is 0.400. The van der Waals surface area contributed by atoms with E-state index in [1.54, 1.807) is 23.7 Å². The van der Waals surface area contributed by atoms with Crippen LogP contribution in [0.1, 0.15) is 32.0 Å². The molecule has 1 heterocycles. The van der Waals surface area contributed by atoms with E-state index in [-0.39, 0.29) is 16.1 Å². The zero-order valence-electron chi connectivity index (χ0n) is 12.8. The van der Waals surface area contributed by atoms with Gasteiger partial charge >= 0.3 is 0 Å². The lowest BCUT2D eigenvalue weighted by atomic mass is 10.1. The second-order valence-electron chi connectivity index (χ2n) is 6.08. The minimum absolute atomic E-state index is 0.0354. The first kappa shape index (κ1) is 15.2. The number of nitrogens with one attached hydrogen (secondary N) is 1. The molecular weight excluding hydrogens is 268 g/mol. The average Bonchev–Trinajstić information content (AvgIpc) is 2.83. The molecule has 0 saturated heterocycles. The first-order valence-electron chi connectivity index (χ1n) is 6.81. The average molecular weight is 288 g/mol. The minimum Gasteiger partial charge on any atom is -0.306 e. The van der Waals surface area contributed by atoms with Gasteiger partial charge in [-0.15, -0.1) is 0 Å². The third-order valence-corrected chi connectivity index (χ3v) is 3.09. The molecule has 0 aliphatic carbocycles. The topological polar surface area (TPSA) is 73.0 Å². The number of benzene rings is 1. The van der Waals surface area contributed by atoms with Crippen molar-refractivity contribution in [3.63, 3.8) is 0 Å². The van der Waals surface area contributed by atoms with Crippen molar-refractivity contribution in [1.29, 1.82) is 0 Å². The minimum atomic E-state index is -0.374. The Hall–Kier alpha value is -2.21. The fourth-order valence-corrected chi connectivity index (χ4v) is 1.94. The zero-order chi connectivity index (χ0) is 15.6. The Kier molecular flexibility index (Phi) is 4.09. The van der Waals surface area contributed by atoms with Crippen LogP contribution in [-0.4, -0.2) is 20.2 Å². The highest BCUT2D eigenvalue weighted by molar-refractivity contribution is 5.47. The molecule has 0 aliphatic rings. The number of hydrogen-bond donors (Lipinski definition) is 1. The summed E-state index contributed by atoms with van der Waals surface area (Å²) in [6, 6.07) is 6.93. The normalized spacial score (nSPS) is 11.6. The van der Waals surface area contributed by atoms with Gasteiger partial charge in [-0.3, -0.25) is 10.1 Å². The van der Waals surface area contributed by atoms with Crippen LogP contribution >= 0.6 is 0 Å². The molecule has 21 heavy (non-hydrogen) atoms. The maximum Gasteiger partial charge on any atom is 0.272 e. The highest BCUT2D eigenvalue weighted by Crippen LogP contribution is 2.20. The van der Waals surface area contributed by atoms with E-state index >= 15 is 0 Å². The molecule has 1 aromatic carbocycles. The quantitative estimate of drug-likeness (QED) is 0.693. The van der Waals surface area contributed by atoms with Gasteiger partial charge in [-0.1, -0.05) is 0 Å². The zero-order valence-corrected chi connectivity index (χ0v) is 12.8. The lowest BCUT2D eigenvalue weighted by Crippen LogP contribution is -2.35. The molecule has 6 heteroatoms. The summed E-state index contributed by atoms with van der Waals surface area (Å²) >= 11 is 0. The predicted octanol–water partition coefficient (Wildman–Crippen LogP) is 2.98. The SMILES string of the molecule is Cc1cc(-n2ccc(CNC(C)(C)C)n2)ccc1[N+](=O)[O-]. The van der Waals surface area contributed by atoms with Crippen LogP contribution in [0.5, 0.6) is 0 Å². The summed E-state index contributed by atoms with van der Waals surface area (Å²) in [5.41, 5.74) is 2.54. The fourth-order valence-electron chi connectivity index (χ4n) is 1.94. The van der Waals surface area contributed by atoms with Gasteiger partial charge in [-0.05, 0) is 45.9 Å². The molecule has 2 rings (SSSR count). The molecular formula is C15H20N4O2. The van der Waals surface area contributed by atoms with Crippen LogP contribution < -0.4 is 5.32 Å². The standard InChI is InChI=1S/C15H20N4O2/c1-11-9-13(5-6-14(11)19(20)21)18-8-7-12(17-18)10-16-15(2,3)4/h5-9,16H,10H2,1-4H3. The Morgan fingerprint density at radius 3 is 2.62 bits per heavy atom. The summed E-state index contributed by atoms with van der Waals surface area (Å²) in [6.45, 7) is 8.71. The van der Waals surface area contributed by atoms with E-state index in [4.69, 9.17) is 0 Å². The number of hydrogen-bond acceptors (Lipinski definition) is 4. The van der Waals surface area contributed by atoms with Crippen molar-refractivity contribution < 1.29 is 4.92 Å². The molecule has 0 amide bonds. The van der Waals surface area contributed by atoms with Crippen molar-refractivity contribution >= 4 is 5.69 Å². The molecule has 0 spiro atoms. The van der Waals surface area contributed by atoms with Gasteiger partial charge in [0.1, 0.15) is 0 Å². The van der Waals surface area contributed by atoms with E-state index in [0.29, 0.717) is 12.1 Å². The van der Waals surface area contributed by atoms with Gasteiger partial charge in [0.2, 0.25) is 0 Å². The smallest absolute Gasteiger partial charge is 0.272 e. The van der Waals surface area contributed by atoms with Gasteiger partial charge in [0.05, 0.1) is 16.3 Å². The van der Waals surface area contributed by atoms with Gasteiger partial charge in [-0.25, -0.2) is 4.68 Å². The Bertz CT molecular complexity index is 656. The number of aryl methyl sites for hydroxylation is 1. The summed E-state index contributed by atoms with van der Waals surface area (Å²) in [7, 11) is 0. The van der Waals surface area contributed by atoms with E-state index in [0.717, 1.165) is 11.4 Å². The number of aromatic nitrogens is 2. The monoisotopic (exact) mass is 288 g/mol. The molecule has 112 valence electrons. The van der Waals surface area contributed by atoms with Crippen LogP contribution in [0.4, 0.5) is 5.69 Å². The van der Waals surface area contributed by atoms with Crippen LogP contribution in [0, 0.1) is 17.0 Å². The van der Waals surface area contributed by atoms with Crippen molar-refractivity contribution in [1.82, 2.24) is 15.1 Å². The maximum atomic E-state index is 10.8. The maximum absolute atomic E-state index is 10.8. The molecule has 0 unspecified atom stereocenters. The van der Waals surface area contributed by atoms with Crippen LogP contribution in [0.2, 0.25) is 0 Å². The summed E-state index contributed by atoms with van der Waals surface area (Å²) in [6.07, 6.45) is 1.86. The van der Waals surface area contributed by atoms with Crippen LogP contribution in [0.3, 0.4) is 0 Å². The van der Waals surface area contributed by atoms with E-state index in [2.05, 4.69) is 31.2 Å². The van der Waals surface area contributed by atoms with Crippen molar-refractivity contribution in [2.75, 3.05) is 0 Å². The Morgan fingerprint density at radius 1 is 1.33 bits per heavy atom. The molecule has 6 nitrogen and oxygen atoms in total. The lowest BCUT2D eigenvalue weighted by molar-refractivity contribution is -0.385. The van der Waals surface area contributed by atoms with Crippen molar-refractivity contribution in [2.45, 2.75) is 39.8 Å². The van der Waals surface area contributed by atoms with Gasteiger partial charge in [0.25, 0.3) is 5.69 Å². The Labute approximate surface area is 123 Å². The second kappa shape index (κ2) is 5.65. The van der Waals surface area contributed by atoms with Crippen LogP contribution in [0.25, 0.3) is 5.69 Å². The molecule has 0 atom stereocenters. The largest absolute Gasteiger partial charge is 0.306 e. The molecule has 2 aromatic rings. The summed E-state index contributed by atoms with van der Waals surface area (Å²) in [4.78, 5) is 10.5. The Morgan fingerprint density at radius 2 is 2.05 bits per heavy atom. The van der Waals surface area contributed by atoms with Gasteiger partial charge in [0, 0.05) is 29.9 Å².